The Morgan fingerprint density at radius 2 is 1.89 bits per heavy atom. The van der Waals surface area contributed by atoms with Crippen LogP contribution in [-0.4, -0.2) is 23.2 Å². The van der Waals surface area contributed by atoms with Gasteiger partial charge >= 0.3 is 6.09 Å². The second kappa shape index (κ2) is 6.95. The quantitative estimate of drug-likeness (QED) is 0.760. The second-order valence-corrected chi connectivity index (χ2v) is 8.81. The molecule has 0 unspecified atom stereocenters. The third kappa shape index (κ3) is 4.46. The van der Waals surface area contributed by atoms with Crippen LogP contribution in [0.4, 0.5) is 14.9 Å². The number of pyridine rings is 1. The van der Waals surface area contributed by atoms with Crippen molar-refractivity contribution in [2.24, 2.45) is 0 Å². The summed E-state index contributed by atoms with van der Waals surface area (Å²) in [6.07, 6.45) is 4.12. The molecule has 4 nitrogen and oxygen atoms in total. The van der Waals surface area contributed by atoms with Gasteiger partial charge in [-0.25, -0.2) is 9.18 Å². The number of anilines is 1. The maximum absolute atomic E-state index is 13.3. The molecular weight excluding hydrogens is 343 g/mol. The summed E-state index contributed by atoms with van der Waals surface area (Å²) in [5, 5.41) is 0. The van der Waals surface area contributed by atoms with Crippen LogP contribution in [0, 0.1) is 5.82 Å². The lowest BCUT2D eigenvalue weighted by Crippen LogP contribution is -2.38. The second-order valence-electron chi connectivity index (χ2n) is 8.81. The summed E-state index contributed by atoms with van der Waals surface area (Å²) < 4.78 is 18.9. The number of aromatic nitrogens is 1. The van der Waals surface area contributed by atoms with Crippen LogP contribution >= 0.6 is 0 Å². The van der Waals surface area contributed by atoms with Gasteiger partial charge in [-0.15, -0.1) is 0 Å². The lowest BCUT2D eigenvalue weighted by molar-refractivity contribution is 0.0579. The molecule has 1 amide bonds. The molecule has 1 aliphatic heterocycles. The number of aryl methyl sites for hydroxylation is 2. The van der Waals surface area contributed by atoms with Crippen molar-refractivity contribution in [1.82, 2.24) is 4.98 Å². The molecule has 1 aliphatic rings. The van der Waals surface area contributed by atoms with E-state index >= 15 is 0 Å². The summed E-state index contributed by atoms with van der Waals surface area (Å²) in [6, 6.07) is 7.71. The van der Waals surface area contributed by atoms with Gasteiger partial charge in [0.15, 0.2) is 0 Å². The van der Waals surface area contributed by atoms with Crippen LogP contribution in [0.1, 0.15) is 51.3 Å². The minimum atomic E-state index is -0.525. The Labute approximate surface area is 160 Å². The number of carbonyl (C=O) groups is 1. The number of nitrogens with zero attached hydrogens (tertiary/aromatic N) is 2. The van der Waals surface area contributed by atoms with Crippen LogP contribution in [0.5, 0.6) is 0 Å². The number of fused-ring (bicyclic) bond motifs is 1. The molecule has 5 heteroatoms. The van der Waals surface area contributed by atoms with Crippen molar-refractivity contribution in [1.29, 1.82) is 0 Å². The summed E-state index contributed by atoms with van der Waals surface area (Å²) in [4.78, 5) is 18.2. The van der Waals surface area contributed by atoms with E-state index in [1.807, 2.05) is 32.9 Å². The van der Waals surface area contributed by atoms with Crippen LogP contribution in [0.3, 0.4) is 0 Å². The molecule has 2 heterocycles. The summed E-state index contributed by atoms with van der Waals surface area (Å²) in [5.74, 6) is -0.310. The fourth-order valence-corrected chi connectivity index (χ4v) is 3.44. The van der Waals surface area contributed by atoms with E-state index in [1.165, 1.54) is 12.3 Å². The first-order chi connectivity index (χ1) is 12.5. The molecule has 144 valence electrons. The highest BCUT2D eigenvalue weighted by atomic mass is 19.1. The van der Waals surface area contributed by atoms with E-state index in [1.54, 1.807) is 11.1 Å². The highest BCUT2D eigenvalue weighted by Gasteiger charge is 2.39. The molecule has 0 saturated heterocycles. The maximum atomic E-state index is 13.3. The number of ether oxygens (including phenoxy) is 1. The largest absolute Gasteiger partial charge is 0.443 e. The zero-order valence-electron chi connectivity index (χ0n) is 16.7. The van der Waals surface area contributed by atoms with Crippen molar-refractivity contribution in [2.45, 2.75) is 58.5 Å². The van der Waals surface area contributed by atoms with E-state index in [-0.39, 0.29) is 17.3 Å². The Bertz CT molecular complexity index is 856. The third-order valence-electron chi connectivity index (χ3n) is 4.71. The Morgan fingerprint density at radius 1 is 1.19 bits per heavy atom. The molecule has 2 aromatic rings. The number of benzene rings is 1. The van der Waals surface area contributed by atoms with Gasteiger partial charge in [0.25, 0.3) is 0 Å². The van der Waals surface area contributed by atoms with Gasteiger partial charge in [-0.3, -0.25) is 9.88 Å². The molecule has 0 bridgehead atoms. The van der Waals surface area contributed by atoms with Gasteiger partial charge in [-0.2, -0.15) is 0 Å². The fourth-order valence-electron chi connectivity index (χ4n) is 3.44. The highest BCUT2D eigenvalue weighted by molar-refractivity contribution is 5.91. The minimum Gasteiger partial charge on any atom is -0.443 e. The van der Waals surface area contributed by atoms with Crippen LogP contribution in [0.2, 0.25) is 0 Å². The molecular formula is C22H27FN2O2. The van der Waals surface area contributed by atoms with E-state index in [4.69, 9.17) is 4.74 Å². The van der Waals surface area contributed by atoms with Crippen LogP contribution < -0.4 is 4.90 Å². The van der Waals surface area contributed by atoms with Crippen molar-refractivity contribution in [2.75, 3.05) is 11.4 Å². The number of halogens is 1. The Balaban J connectivity index is 1.80. The van der Waals surface area contributed by atoms with Gasteiger partial charge in [0, 0.05) is 18.2 Å². The van der Waals surface area contributed by atoms with E-state index in [0.717, 1.165) is 35.2 Å². The highest BCUT2D eigenvalue weighted by Crippen LogP contribution is 2.41. The lowest BCUT2D eigenvalue weighted by Gasteiger charge is -2.25. The van der Waals surface area contributed by atoms with Gasteiger partial charge in [-0.1, -0.05) is 26.0 Å². The van der Waals surface area contributed by atoms with Crippen molar-refractivity contribution >= 4 is 11.8 Å². The van der Waals surface area contributed by atoms with E-state index in [2.05, 4.69) is 24.9 Å². The van der Waals surface area contributed by atoms with E-state index in [9.17, 15) is 9.18 Å². The molecule has 1 aromatic heterocycles. The normalized spacial score (nSPS) is 15.6. The summed E-state index contributed by atoms with van der Waals surface area (Å²) in [5.41, 5.74) is 3.42. The zero-order chi connectivity index (χ0) is 19.8. The number of rotatable bonds is 3. The molecule has 0 atom stereocenters. The molecule has 0 spiro atoms. The topological polar surface area (TPSA) is 42.4 Å². The van der Waals surface area contributed by atoms with Gasteiger partial charge < -0.3 is 4.74 Å². The SMILES string of the molecule is CC(C)(C)OC(=O)N1CC(C)(C)c2cc(CCc3cncc(F)c3)ccc21. The van der Waals surface area contributed by atoms with Crippen LogP contribution in [0.25, 0.3) is 0 Å². The first-order valence-electron chi connectivity index (χ1n) is 9.28. The van der Waals surface area contributed by atoms with Crippen molar-refractivity contribution < 1.29 is 13.9 Å². The monoisotopic (exact) mass is 370 g/mol. The third-order valence-corrected chi connectivity index (χ3v) is 4.71. The number of hydrogen-bond donors (Lipinski definition) is 0. The Morgan fingerprint density at radius 3 is 2.56 bits per heavy atom. The molecule has 1 aromatic carbocycles. The molecule has 3 rings (SSSR count). The average Bonchev–Trinajstić information content (AvgIpc) is 2.83. The summed E-state index contributed by atoms with van der Waals surface area (Å²) in [7, 11) is 0. The van der Waals surface area contributed by atoms with Gasteiger partial charge in [0.1, 0.15) is 11.4 Å². The van der Waals surface area contributed by atoms with Crippen molar-refractivity contribution in [3.8, 4) is 0 Å². The van der Waals surface area contributed by atoms with Crippen molar-refractivity contribution in [3.63, 3.8) is 0 Å². The van der Waals surface area contributed by atoms with E-state index in [0.29, 0.717) is 6.54 Å². The average molecular weight is 370 g/mol. The molecule has 27 heavy (non-hydrogen) atoms. The summed E-state index contributed by atoms with van der Waals surface area (Å²) in [6.45, 7) is 10.5. The van der Waals surface area contributed by atoms with Crippen molar-refractivity contribution in [3.05, 3.63) is 59.2 Å². The van der Waals surface area contributed by atoms with E-state index < -0.39 is 5.60 Å². The van der Waals surface area contributed by atoms with Crippen LogP contribution in [0.15, 0.2) is 36.7 Å². The molecule has 0 N–H and O–H groups in total. The minimum absolute atomic E-state index is 0.150. The number of carbonyl (C=O) groups excluding carboxylic acids is 1. The van der Waals surface area contributed by atoms with Gasteiger partial charge in [0.05, 0.1) is 11.9 Å². The maximum Gasteiger partial charge on any atom is 0.414 e. The number of hydrogen-bond acceptors (Lipinski definition) is 3. The predicted molar refractivity (Wildman–Crippen MR) is 105 cm³/mol. The van der Waals surface area contributed by atoms with Gasteiger partial charge in [-0.05, 0) is 62.4 Å². The molecule has 0 aliphatic carbocycles. The Kier molecular flexibility index (Phi) is 4.98. The molecule has 0 radical (unpaired) electrons. The molecule has 0 saturated carbocycles. The summed E-state index contributed by atoms with van der Waals surface area (Å²) >= 11 is 0. The smallest absolute Gasteiger partial charge is 0.414 e. The van der Waals surface area contributed by atoms with Crippen LogP contribution in [-0.2, 0) is 23.0 Å². The zero-order valence-corrected chi connectivity index (χ0v) is 16.7. The standard InChI is InChI=1S/C22H27FN2O2/c1-21(2,3)27-20(26)25-14-22(4,5)18-11-15(8-9-19(18)25)6-7-16-10-17(23)13-24-12-16/h8-13H,6-7,14H2,1-5H3. The first-order valence-corrected chi connectivity index (χ1v) is 9.28. The molecule has 0 fully saturated rings. The fraction of sp³-hybridized carbons (Fsp3) is 0.455. The van der Waals surface area contributed by atoms with Gasteiger partial charge in [0.2, 0.25) is 0 Å². The first kappa shape index (κ1) is 19.3. The predicted octanol–water partition coefficient (Wildman–Crippen LogP) is 5.04. The Hall–Kier alpha value is -2.43. The number of amides is 1. The lowest BCUT2D eigenvalue weighted by atomic mass is 9.85.